The van der Waals surface area contributed by atoms with Crippen LogP contribution < -0.4 is 10.1 Å². The number of hydrogen-bond acceptors (Lipinski definition) is 5. The monoisotopic (exact) mass is 443 g/mol. The fourth-order valence-electron chi connectivity index (χ4n) is 3.04. The number of halogens is 1. The van der Waals surface area contributed by atoms with E-state index in [-0.39, 0.29) is 12.5 Å². The molecule has 3 aromatic rings. The summed E-state index contributed by atoms with van der Waals surface area (Å²) in [5.74, 6) is -0.0445. The van der Waals surface area contributed by atoms with Gasteiger partial charge >= 0.3 is 5.97 Å². The van der Waals surface area contributed by atoms with Crippen molar-refractivity contribution in [1.29, 1.82) is 0 Å². The zero-order valence-electron chi connectivity index (χ0n) is 17.0. The van der Waals surface area contributed by atoms with Gasteiger partial charge < -0.3 is 14.8 Å². The van der Waals surface area contributed by atoms with E-state index < -0.39 is 5.97 Å². The fourth-order valence-corrected chi connectivity index (χ4v) is 4.22. The first-order valence-electron chi connectivity index (χ1n) is 9.55. The van der Waals surface area contributed by atoms with E-state index in [4.69, 9.17) is 21.1 Å². The van der Waals surface area contributed by atoms with Crippen LogP contribution in [0.5, 0.6) is 5.75 Å². The highest BCUT2D eigenvalue weighted by atomic mass is 35.5. The van der Waals surface area contributed by atoms with Crippen LogP contribution in [0.15, 0.2) is 48.5 Å². The van der Waals surface area contributed by atoms with Crippen molar-refractivity contribution in [2.45, 2.75) is 20.8 Å². The second-order valence-corrected chi connectivity index (χ2v) is 8.04. The lowest BCUT2D eigenvalue weighted by atomic mass is 10.0. The number of hydrogen-bond donors (Lipinski definition) is 1. The van der Waals surface area contributed by atoms with Crippen molar-refractivity contribution in [2.75, 3.05) is 18.5 Å². The number of thiophene rings is 1. The van der Waals surface area contributed by atoms with Crippen molar-refractivity contribution in [2.24, 2.45) is 0 Å². The van der Waals surface area contributed by atoms with Crippen LogP contribution in [0.25, 0.3) is 11.1 Å². The van der Waals surface area contributed by atoms with Gasteiger partial charge in [-0.1, -0.05) is 23.7 Å². The van der Waals surface area contributed by atoms with E-state index in [0.717, 1.165) is 21.8 Å². The van der Waals surface area contributed by atoms with Crippen LogP contribution in [0.1, 0.15) is 39.4 Å². The first-order valence-corrected chi connectivity index (χ1v) is 10.7. The maximum absolute atomic E-state index is 12.8. The molecule has 0 aliphatic heterocycles. The Hall–Kier alpha value is -2.83. The largest absolute Gasteiger partial charge is 0.494 e. The zero-order chi connectivity index (χ0) is 21.7. The van der Waals surface area contributed by atoms with Crippen molar-refractivity contribution in [3.05, 3.63) is 69.6 Å². The van der Waals surface area contributed by atoms with Gasteiger partial charge in [0.1, 0.15) is 16.3 Å². The number of carbonyl (C=O) groups excluding carboxylic acids is 2. The summed E-state index contributed by atoms with van der Waals surface area (Å²) in [6, 6.07) is 14.1. The Balaban J connectivity index is 2.01. The Morgan fingerprint density at radius 1 is 1.00 bits per heavy atom. The predicted molar refractivity (Wildman–Crippen MR) is 121 cm³/mol. The van der Waals surface area contributed by atoms with Crippen molar-refractivity contribution in [3.8, 4) is 16.9 Å². The second-order valence-electron chi connectivity index (χ2n) is 6.38. The van der Waals surface area contributed by atoms with Gasteiger partial charge in [0.15, 0.2) is 0 Å². The SMILES string of the molecule is CCOC(=O)c1c(NC(=O)c2ccc(Cl)cc2)sc(C)c1-c1ccc(OCC)cc1. The van der Waals surface area contributed by atoms with Gasteiger partial charge in [-0.25, -0.2) is 4.79 Å². The topological polar surface area (TPSA) is 64.6 Å². The van der Waals surface area contributed by atoms with Crippen LogP contribution in [-0.4, -0.2) is 25.1 Å². The molecule has 0 aliphatic rings. The van der Waals surface area contributed by atoms with E-state index in [0.29, 0.717) is 27.8 Å². The third-order valence-electron chi connectivity index (χ3n) is 4.35. The molecule has 0 unspecified atom stereocenters. The minimum absolute atomic E-state index is 0.237. The second kappa shape index (κ2) is 9.78. The van der Waals surface area contributed by atoms with Crippen LogP contribution >= 0.6 is 22.9 Å². The molecule has 0 aliphatic carbocycles. The van der Waals surface area contributed by atoms with E-state index >= 15 is 0 Å². The smallest absolute Gasteiger partial charge is 0.341 e. The van der Waals surface area contributed by atoms with Crippen LogP contribution in [0.2, 0.25) is 5.02 Å². The van der Waals surface area contributed by atoms with Gasteiger partial charge in [-0.05, 0) is 62.7 Å². The van der Waals surface area contributed by atoms with Crippen LogP contribution in [0, 0.1) is 6.92 Å². The molecular formula is C23H22ClNO4S. The van der Waals surface area contributed by atoms with Gasteiger partial charge in [0.2, 0.25) is 0 Å². The average molecular weight is 444 g/mol. The normalized spacial score (nSPS) is 10.5. The molecule has 0 atom stereocenters. The summed E-state index contributed by atoms with van der Waals surface area (Å²) in [6.07, 6.45) is 0. The maximum atomic E-state index is 12.8. The number of nitrogens with one attached hydrogen (secondary N) is 1. The molecule has 0 spiro atoms. The van der Waals surface area contributed by atoms with Gasteiger partial charge in [-0.2, -0.15) is 0 Å². The van der Waals surface area contributed by atoms with E-state index in [1.807, 2.05) is 38.1 Å². The molecule has 0 saturated carbocycles. The molecule has 2 aromatic carbocycles. The molecule has 1 N–H and O–H groups in total. The van der Waals surface area contributed by atoms with Gasteiger partial charge in [0.05, 0.1) is 13.2 Å². The fraction of sp³-hybridized carbons (Fsp3) is 0.217. The van der Waals surface area contributed by atoms with Gasteiger partial charge in [0, 0.05) is 21.0 Å². The molecule has 1 heterocycles. The molecule has 0 bridgehead atoms. The zero-order valence-corrected chi connectivity index (χ0v) is 18.5. The molecule has 7 heteroatoms. The van der Waals surface area contributed by atoms with E-state index in [1.54, 1.807) is 31.2 Å². The Morgan fingerprint density at radius 2 is 1.67 bits per heavy atom. The lowest BCUT2D eigenvalue weighted by Crippen LogP contribution is -2.14. The predicted octanol–water partition coefficient (Wildman–Crippen LogP) is 6.20. The average Bonchev–Trinajstić information content (AvgIpc) is 3.05. The molecule has 0 radical (unpaired) electrons. The number of aryl methyl sites for hydroxylation is 1. The number of carbonyl (C=O) groups is 2. The van der Waals surface area contributed by atoms with Crippen LogP contribution in [0.3, 0.4) is 0 Å². The van der Waals surface area contributed by atoms with Crippen LogP contribution in [-0.2, 0) is 4.74 Å². The highest BCUT2D eigenvalue weighted by molar-refractivity contribution is 7.17. The molecule has 5 nitrogen and oxygen atoms in total. The number of anilines is 1. The molecular weight excluding hydrogens is 422 g/mol. The summed E-state index contributed by atoms with van der Waals surface area (Å²) in [7, 11) is 0. The third-order valence-corrected chi connectivity index (χ3v) is 5.62. The Morgan fingerprint density at radius 3 is 2.27 bits per heavy atom. The summed E-state index contributed by atoms with van der Waals surface area (Å²) in [5, 5.41) is 3.86. The van der Waals surface area contributed by atoms with Crippen molar-refractivity contribution < 1.29 is 19.1 Å². The van der Waals surface area contributed by atoms with Gasteiger partial charge in [-0.15, -0.1) is 11.3 Å². The van der Waals surface area contributed by atoms with Crippen molar-refractivity contribution >= 4 is 39.8 Å². The van der Waals surface area contributed by atoms with Crippen LogP contribution in [0.4, 0.5) is 5.00 Å². The van der Waals surface area contributed by atoms with Gasteiger partial charge in [0.25, 0.3) is 5.91 Å². The molecule has 3 rings (SSSR count). The highest BCUT2D eigenvalue weighted by Gasteiger charge is 2.25. The van der Waals surface area contributed by atoms with E-state index in [1.165, 1.54) is 11.3 Å². The number of benzene rings is 2. The van der Waals surface area contributed by atoms with E-state index in [9.17, 15) is 9.59 Å². The summed E-state index contributed by atoms with van der Waals surface area (Å²) >= 11 is 7.24. The van der Waals surface area contributed by atoms with Crippen molar-refractivity contribution in [1.82, 2.24) is 0 Å². The Bertz CT molecular complexity index is 1040. The van der Waals surface area contributed by atoms with Crippen molar-refractivity contribution in [3.63, 3.8) is 0 Å². The maximum Gasteiger partial charge on any atom is 0.341 e. The molecule has 0 saturated heterocycles. The summed E-state index contributed by atoms with van der Waals surface area (Å²) in [5.41, 5.74) is 2.39. The Labute approximate surface area is 184 Å². The third kappa shape index (κ3) is 4.83. The molecule has 1 amide bonds. The number of esters is 1. The lowest BCUT2D eigenvalue weighted by Gasteiger charge is -2.10. The van der Waals surface area contributed by atoms with E-state index in [2.05, 4.69) is 5.32 Å². The quantitative estimate of drug-likeness (QED) is 0.441. The van der Waals surface area contributed by atoms with Gasteiger partial charge in [-0.3, -0.25) is 4.79 Å². The summed E-state index contributed by atoms with van der Waals surface area (Å²) < 4.78 is 10.8. The number of ether oxygens (including phenoxy) is 2. The number of amides is 1. The minimum atomic E-state index is -0.475. The lowest BCUT2D eigenvalue weighted by molar-refractivity contribution is 0.0529. The molecule has 156 valence electrons. The molecule has 0 fully saturated rings. The Kier molecular flexibility index (Phi) is 7.13. The highest BCUT2D eigenvalue weighted by Crippen LogP contribution is 2.41. The first-order chi connectivity index (χ1) is 14.4. The first kappa shape index (κ1) is 21.9. The number of rotatable bonds is 7. The molecule has 1 aromatic heterocycles. The standard InChI is InChI=1S/C23H22ClNO4S/c1-4-28-18-12-8-15(9-13-18)19-14(3)30-22(20(19)23(27)29-5-2)25-21(26)16-6-10-17(24)11-7-16/h6-13H,4-5H2,1-3H3,(H,25,26). The molecule has 30 heavy (non-hydrogen) atoms. The minimum Gasteiger partial charge on any atom is -0.494 e. The summed E-state index contributed by atoms with van der Waals surface area (Å²) in [6.45, 7) is 6.40. The summed E-state index contributed by atoms with van der Waals surface area (Å²) in [4.78, 5) is 26.4.